The largest absolute Gasteiger partial charge is 0.496 e. The summed E-state index contributed by atoms with van der Waals surface area (Å²) in [5.41, 5.74) is 3.69. The van der Waals surface area contributed by atoms with Gasteiger partial charge in [0, 0.05) is 4.47 Å². The maximum absolute atomic E-state index is 11.9. The van der Waals surface area contributed by atoms with E-state index < -0.39 is 11.8 Å². The summed E-state index contributed by atoms with van der Waals surface area (Å²) in [7, 11) is 1.58. The van der Waals surface area contributed by atoms with Crippen LogP contribution in [0.25, 0.3) is 0 Å². The van der Waals surface area contributed by atoms with Crippen molar-refractivity contribution in [1.29, 1.82) is 0 Å². The van der Waals surface area contributed by atoms with Crippen molar-refractivity contribution in [3.63, 3.8) is 0 Å². The van der Waals surface area contributed by atoms with Gasteiger partial charge in [-0.2, -0.15) is 5.10 Å². The molecule has 0 fully saturated rings. The maximum Gasteiger partial charge on any atom is 0.249 e. The second kappa shape index (κ2) is 9.33. The number of carbonyl (C=O) groups excluding carboxylic acids is 2. The molecule has 0 saturated heterocycles. The monoisotopic (exact) mass is 467 g/mol. The van der Waals surface area contributed by atoms with Gasteiger partial charge in [0.15, 0.2) is 0 Å². The Morgan fingerprint density at radius 1 is 1.12 bits per heavy atom. The van der Waals surface area contributed by atoms with E-state index in [9.17, 15) is 9.59 Å². The molecule has 0 spiro atoms. The molecule has 0 aliphatic heterocycles. The normalized spacial score (nSPS) is 10.5. The molecule has 0 saturated carbocycles. The highest BCUT2D eigenvalue weighted by atomic mass is 79.9. The van der Waals surface area contributed by atoms with Gasteiger partial charge in [0.25, 0.3) is 0 Å². The van der Waals surface area contributed by atoms with Gasteiger partial charge < -0.3 is 10.1 Å². The second-order valence-corrected chi connectivity index (χ2v) is 6.60. The number of benzene rings is 2. The van der Waals surface area contributed by atoms with Crippen molar-refractivity contribution in [2.75, 3.05) is 12.4 Å². The van der Waals surface area contributed by atoms with Crippen molar-refractivity contribution in [2.24, 2.45) is 5.10 Å². The quantitative estimate of drug-likeness (QED) is 0.385. The van der Waals surface area contributed by atoms with E-state index >= 15 is 0 Å². The predicted molar refractivity (Wildman–Crippen MR) is 104 cm³/mol. The highest BCUT2D eigenvalue weighted by Crippen LogP contribution is 2.24. The molecular formula is C17H15Br2N3O3. The first-order valence-electron chi connectivity index (χ1n) is 7.19. The lowest BCUT2D eigenvalue weighted by molar-refractivity contribution is -0.126. The summed E-state index contributed by atoms with van der Waals surface area (Å²) in [5, 5.41) is 6.49. The molecule has 0 aromatic heterocycles. The highest BCUT2D eigenvalue weighted by Gasteiger charge is 2.10. The second-order valence-electron chi connectivity index (χ2n) is 4.89. The molecule has 2 amide bonds. The predicted octanol–water partition coefficient (Wildman–Crippen LogP) is 3.70. The van der Waals surface area contributed by atoms with E-state index in [-0.39, 0.29) is 6.42 Å². The average Bonchev–Trinajstić information content (AvgIpc) is 2.57. The van der Waals surface area contributed by atoms with Crippen molar-refractivity contribution < 1.29 is 14.3 Å². The van der Waals surface area contributed by atoms with Gasteiger partial charge in [-0.15, -0.1) is 0 Å². The van der Waals surface area contributed by atoms with Crippen molar-refractivity contribution in [3.05, 3.63) is 57.0 Å². The number of ether oxygens (including phenoxy) is 1. The van der Waals surface area contributed by atoms with Crippen molar-refractivity contribution >= 4 is 55.6 Å². The standard InChI is InChI=1S/C17H15Br2N3O3/c1-25-15-7-6-11(8-13(15)19)10-20-22-17(24)9-16(23)21-14-5-3-2-4-12(14)18/h2-8,10H,9H2,1H3,(H,21,23)(H,22,24). The zero-order chi connectivity index (χ0) is 18.2. The summed E-state index contributed by atoms with van der Waals surface area (Å²) < 4.78 is 6.65. The molecule has 0 aliphatic rings. The topological polar surface area (TPSA) is 79.8 Å². The number of hydrogen-bond donors (Lipinski definition) is 2. The van der Waals surface area contributed by atoms with E-state index in [1.165, 1.54) is 6.21 Å². The Morgan fingerprint density at radius 3 is 2.56 bits per heavy atom. The van der Waals surface area contributed by atoms with Crippen LogP contribution < -0.4 is 15.5 Å². The number of nitrogens with zero attached hydrogens (tertiary/aromatic N) is 1. The minimum atomic E-state index is -0.506. The van der Waals surface area contributed by atoms with Gasteiger partial charge in [0.05, 0.1) is 23.5 Å². The summed E-state index contributed by atoms with van der Waals surface area (Å²) in [5.74, 6) is -0.231. The fraction of sp³-hybridized carbons (Fsp3) is 0.118. The first kappa shape index (κ1) is 19.1. The Kier molecular flexibility index (Phi) is 7.15. The molecule has 0 atom stereocenters. The molecular weight excluding hydrogens is 454 g/mol. The average molecular weight is 469 g/mol. The summed E-state index contributed by atoms with van der Waals surface area (Å²) in [4.78, 5) is 23.6. The molecule has 2 aromatic rings. The molecule has 0 unspecified atom stereocenters. The lowest BCUT2D eigenvalue weighted by Crippen LogP contribution is -2.24. The molecule has 2 aromatic carbocycles. The molecule has 2 rings (SSSR count). The van der Waals surface area contributed by atoms with Gasteiger partial charge in [-0.25, -0.2) is 5.43 Å². The summed E-state index contributed by atoms with van der Waals surface area (Å²) in [6.07, 6.45) is 1.15. The Hall–Kier alpha value is -2.19. The number of hydrogen-bond acceptors (Lipinski definition) is 4. The summed E-state index contributed by atoms with van der Waals surface area (Å²) in [6, 6.07) is 12.5. The smallest absolute Gasteiger partial charge is 0.249 e. The third-order valence-corrected chi connectivity index (χ3v) is 4.36. The third-order valence-electron chi connectivity index (χ3n) is 3.05. The molecule has 0 bridgehead atoms. The minimum Gasteiger partial charge on any atom is -0.496 e. The minimum absolute atomic E-state index is 0.328. The highest BCUT2D eigenvalue weighted by molar-refractivity contribution is 9.11. The molecule has 130 valence electrons. The van der Waals surface area contributed by atoms with E-state index in [0.717, 1.165) is 14.5 Å². The van der Waals surface area contributed by atoms with E-state index in [4.69, 9.17) is 4.74 Å². The maximum atomic E-state index is 11.9. The van der Waals surface area contributed by atoms with Crippen molar-refractivity contribution in [3.8, 4) is 5.75 Å². The molecule has 0 aliphatic carbocycles. The molecule has 0 heterocycles. The first-order valence-corrected chi connectivity index (χ1v) is 8.78. The number of anilines is 1. The first-order chi connectivity index (χ1) is 12.0. The van der Waals surface area contributed by atoms with Crippen LogP contribution in [0.4, 0.5) is 5.69 Å². The van der Waals surface area contributed by atoms with Crippen LogP contribution in [0.15, 0.2) is 56.5 Å². The van der Waals surface area contributed by atoms with Crippen molar-refractivity contribution in [1.82, 2.24) is 5.43 Å². The van der Waals surface area contributed by atoms with Gasteiger partial charge in [0.2, 0.25) is 11.8 Å². The zero-order valence-electron chi connectivity index (χ0n) is 13.3. The molecule has 25 heavy (non-hydrogen) atoms. The number of para-hydroxylation sites is 1. The van der Waals surface area contributed by atoms with Crippen molar-refractivity contribution in [2.45, 2.75) is 6.42 Å². The Bertz CT molecular complexity index is 809. The fourth-order valence-electron chi connectivity index (χ4n) is 1.88. The summed E-state index contributed by atoms with van der Waals surface area (Å²) >= 11 is 6.69. The van der Waals surface area contributed by atoms with E-state index in [0.29, 0.717) is 11.4 Å². The Morgan fingerprint density at radius 2 is 1.88 bits per heavy atom. The Balaban J connectivity index is 1.85. The fourth-order valence-corrected chi connectivity index (χ4v) is 2.83. The van der Waals surface area contributed by atoms with E-state index in [1.807, 2.05) is 6.07 Å². The molecule has 6 nitrogen and oxygen atoms in total. The number of halogens is 2. The zero-order valence-corrected chi connectivity index (χ0v) is 16.4. The van der Waals surface area contributed by atoms with Gasteiger partial charge >= 0.3 is 0 Å². The SMILES string of the molecule is COc1ccc(C=NNC(=O)CC(=O)Nc2ccccc2Br)cc1Br. The molecule has 8 heteroatoms. The number of rotatable bonds is 6. The lowest BCUT2D eigenvalue weighted by Gasteiger charge is -2.06. The van der Waals surface area contributed by atoms with Crippen LogP contribution in [0, 0.1) is 0 Å². The van der Waals surface area contributed by atoms with Crippen LogP contribution in [-0.4, -0.2) is 25.1 Å². The van der Waals surface area contributed by atoms with Crippen LogP contribution in [0.3, 0.4) is 0 Å². The number of methoxy groups -OCH3 is 1. The van der Waals surface area contributed by atoms with Crippen LogP contribution in [0.5, 0.6) is 5.75 Å². The number of carbonyl (C=O) groups is 2. The van der Waals surface area contributed by atoms with Crippen LogP contribution in [0.2, 0.25) is 0 Å². The number of hydrazone groups is 1. The van der Waals surface area contributed by atoms with Gasteiger partial charge in [-0.1, -0.05) is 12.1 Å². The van der Waals surface area contributed by atoms with Gasteiger partial charge in [-0.3, -0.25) is 9.59 Å². The number of nitrogens with one attached hydrogen (secondary N) is 2. The van der Waals surface area contributed by atoms with Gasteiger partial charge in [0.1, 0.15) is 12.2 Å². The lowest BCUT2D eigenvalue weighted by atomic mass is 10.2. The van der Waals surface area contributed by atoms with E-state index in [2.05, 4.69) is 47.7 Å². The Labute approximate surface area is 161 Å². The van der Waals surface area contributed by atoms with E-state index in [1.54, 1.807) is 43.5 Å². The number of amides is 2. The van der Waals surface area contributed by atoms with Crippen LogP contribution >= 0.6 is 31.9 Å². The van der Waals surface area contributed by atoms with Gasteiger partial charge in [-0.05, 0) is 67.8 Å². The third kappa shape index (κ3) is 5.99. The summed E-state index contributed by atoms with van der Waals surface area (Å²) in [6.45, 7) is 0. The van der Waals surface area contributed by atoms with Crippen LogP contribution in [0.1, 0.15) is 12.0 Å². The van der Waals surface area contributed by atoms with Crippen LogP contribution in [-0.2, 0) is 9.59 Å². The molecule has 2 N–H and O–H groups in total. The molecule has 0 radical (unpaired) electrons.